The van der Waals surface area contributed by atoms with E-state index in [1.807, 2.05) is 0 Å². The molecule has 3 fully saturated rings. The maximum absolute atomic E-state index is 11.1. The number of hydrogen-bond acceptors (Lipinski definition) is 3. The summed E-state index contributed by atoms with van der Waals surface area (Å²) in [6, 6.07) is 1.77. The van der Waals surface area contributed by atoms with Crippen LogP contribution >= 0.6 is 0 Å². The third-order valence-corrected chi connectivity index (χ3v) is 6.07. The average Bonchev–Trinajstić information content (AvgIpc) is 3.20. The van der Waals surface area contributed by atoms with Crippen molar-refractivity contribution in [2.24, 2.45) is 17.8 Å². The van der Waals surface area contributed by atoms with Crippen LogP contribution < -0.4 is 5.32 Å². The van der Waals surface area contributed by atoms with E-state index in [9.17, 15) is 4.79 Å². The molecule has 3 unspecified atom stereocenters. The molecule has 0 aromatic carbocycles. The van der Waals surface area contributed by atoms with Gasteiger partial charge in [0.05, 0.1) is 6.54 Å². The van der Waals surface area contributed by atoms with Gasteiger partial charge in [-0.3, -0.25) is 9.69 Å². The lowest BCUT2D eigenvalue weighted by Crippen LogP contribution is -2.57. The molecule has 0 aromatic rings. The molecule has 22 heavy (non-hydrogen) atoms. The van der Waals surface area contributed by atoms with Crippen LogP contribution in [0.1, 0.15) is 58.8 Å². The third kappa shape index (κ3) is 4.23. The fourth-order valence-electron chi connectivity index (χ4n) is 4.24. The number of hydrogen-bond donors (Lipinski definition) is 2. The highest BCUT2D eigenvalue weighted by molar-refractivity contribution is 5.69. The van der Waals surface area contributed by atoms with Gasteiger partial charge in [0, 0.05) is 24.7 Å². The summed E-state index contributed by atoms with van der Waals surface area (Å²) >= 11 is 0. The Labute approximate surface area is 134 Å². The smallest absolute Gasteiger partial charge is 0.317 e. The van der Waals surface area contributed by atoms with Crippen LogP contribution in [0.15, 0.2) is 0 Å². The molecule has 3 atom stereocenters. The quantitative estimate of drug-likeness (QED) is 0.759. The maximum Gasteiger partial charge on any atom is 0.317 e. The van der Waals surface area contributed by atoms with Crippen molar-refractivity contribution in [3.8, 4) is 0 Å². The summed E-state index contributed by atoms with van der Waals surface area (Å²) in [5.41, 5.74) is 0. The largest absolute Gasteiger partial charge is 0.480 e. The van der Waals surface area contributed by atoms with Crippen LogP contribution in [-0.2, 0) is 4.79 Å². The van der Waals surface area contributed by atoms with E-state index in [1.165, 1.54) is 32.1 Å². The number of carboxylic acids is 1. The van der Waals surface area contributed by atoms with Crippen LogP contribution in [-0.4, -0.2) is 47.2 Å². The molecule has 0 radical (unpaired) electrons. The number of nitrogens with zero attached hydrogens (tertiary/aromatic N) is 1. The molecule has 3 aliphatic rings. The van der Waals surface area contributed by atoms with Gasteiger partial charge in [0.25, 0.3) is 0 Å². The van der Waals surface area contributed by atoms with Gasteiger partial charge in [-0.25, -0.2) is 0 Å². The first kappa shape index (κ1) is 16.3. The van der Waals surface area contributed by atoms with E-state index in [2.05, 4.69) is 24.1 Å². The molecule has 4 nitrogen and oxygen atoms in total. The average molecular weight is 308 g/mol. The van der Waals surface area contributed by atoms with Gasteiger partial charge in [-0.2, -0.15) is 0 Å². The molecular formula is C18H32N2O2. The molecule has 3 saturated carbocycles. The molecule has 2 N–H and O–H groups in total. The van der Waals surface area contributed by atoms with Gasteiger partial charge in [-0.1, -0.05) is 20.3 Å². The van der Waals surface area contributed by atoms with E-state index in [-0.39, 0.29) is 6.54 Å². The topological polar surface area (TPSA) is 52.6 Å². The second kappa shape index (κ2) is 6.88. The van der Waals surface area contributed by atoms with Crippen molar-refractivity contribution in [1.29, 1.82) is 0 Å². The molecule has 126 valence electrons. The fourth-order valence-corrected chi connectivity index (χ4v) is 4.24. The van der Waals surface area contributed by atoms with Crippen LogP contribution in [0, 0.1) is 17.8 Å². The van der Waals surface area contributed by atoms with Gasteiger partial charge in [0.2, 0.25) is 0 Å². The van der Waals surface area contributed by atoms with Crippen molar-refractivity contribution in [3.05, 3.63) is 0 Å². The standard InChI is InChI=1S/C18H32N2O2/c1-12-3-4-13(2)17(7-12)19-15-8-16(9-15)20(11-18(21)22)10-14-5-6-14/h12-17,19H,3-11H2,1-2H3,(H,21,22). The molecule has 4 heteroatoms. The molecule has 0 saturated heterocycles. The van der Waals surface area contributed by atoms with Crippen molar-refractivity contribution in [3.63, 3.8) is 0 Å². The van der Waals surface area contributed by atoms with Crippen LogP contribution in [0.3, 0.4) is 0 Å². The molecule has 0 aromatic heterocycles. The summed E-state index contributed by atoms with van der Waals surface area (Å²) in [6.45, 7) is 5.98. The molecule has 0 amide bonds. The lowest BCUT2D eigenvalue weighted by Gasteiger charge is -2.46. The zero-order valence-electron chi connectivity index (χ0n) is 14.1. The third-order valence-electron chi connectivity index (χ3n) is 6.07. The summed E-state index contributed by atoms with van der Waals surface area (Å²) in [5.74, 6) is 1.73. The SMILES string of the molecule is CC1CCC(C)C(NC2CC(N(CC(=O)O)CC3CC3)C2)C1. The van der Waals surface area contributed by atoms with E-state index in [4.69, 9.17) is 5.11 Å². The normalized spacial score (nSPS) is 38.8. The van der Waals surface area contributed by atoms with Gasteiger partial charge < -0.3 is 10.4 Å². The van der Waals surface area contributed by atoms with Crippen LogP contribution in [0.5, 0.6) is 0 Å². The number of carbonyl (C=O) groups is 1. The molecule has 3 rings (SSSR count). The highest BCUT2D eigenvalue weighted by Gasteiger charge is 2.38. The summed E-state index contributed by atoms with van der Waals surface area (Å²) in [4.78, 5) is 13.3. The number of aliphatic carboxylic acids is 1. The van der Waals surface area contributed by atoms with Crippen molar-refractivity contribution < 1.29 is 9.90 Å². The van der Waals surface area contributed by atoms with Gasteiger partial charge in [0.15, 0.2) is 0 Å². The minimum Gasteiger partial charge on any atom is -0.480 e. The van der Waals surface area contributed by atoms with E-state index in [1.54, 1.807) is 0 Å². The number of rotatable bonds is 7. The van der Waals surface area contributed by atoms with E-state index < -0.39 is 5.97 Å². The highest BCUT2D eigenvalue weighted by atomic mass is 16.4. The van der Waals surface area contributed by atoms with Crippen LogP contribution in [0.4, 0.5) is 0 Å². The van der Waals surface area contributed by atoms with Crippen LogP contribution in [0.25, 0.3) is 0 Å². The molecule has 0 aliphatic heterocycles. The Kier molecular flexibility index (Phi) is 5.08. The Bertz CT molecular complexity index is 391. The molecule has 3 aliphatic carbocycles. The van der Waals surface area contributed by atoms with E-state index in [0.717, 1.165) is 37.1 Å². The van der Waals surface area contributed by atoms with Gasteiger partial charge in [0.1, 0.15) is 0 Å². The summed E-state index contributed by atoms with van der Waals surface area (Å²) in [7, 11) is 0. The zero-order chi connectivity index (χ0) is 15.7. The van der Waals surface area contributed by atoms with Gasteiger partial charge in [-0.15, -0.1) is 0 Å². The summed E-state index contributed by atoms with van der Waals surface area (Å²) in [6.07, 6.45) is 8.89. The molecule has 0 spiro atoms. The predicted molar refractivity (Wildman–Crippen MR) is 87.8 cm³/mol. The minimum absolute atomic E-state index is 0.227. The lowest BCUT2D eigenvalue weighted by molar-refractivity contribution is -0.139. The van der Waals surface area contributed by atoms with Crippen molar-refractivity contribution >= 4 is 5.97 Å². The second-order valence-electron chi connectivity index (χ2n) is 8.26. The van der Waals surface area contributed by atoms with Gasteiger partial charge in [-0.05, 0) is 56.3 Å². The Morgan fingerprint density at radius 2 is 1.86 bits per heavy atom. The zero-order valence-corrected chi connectivity index (χ0v) is 14.1. The fraction of sp³-hybridized carbons (Fsp3) is 0.944. The second-order valence-corrected chi connectivity index (χ2v) is 8.26. The Morgan fingerprint density at radius 1 is 1.14 bits per heavy atom. The van der Waals surface area contributed by atoms with Crippen molar-refractivity contribution in [2.75, 3.05) is 13.1 Å². The molecule has 0 heterocycles. The lowest BCUT2D eigenvalue weighted by atomic mass is 9.77. The predicted octanol–water partition coefficient (Wildman–Crippen LogP) is 2.73. The first-order valence-electron chi connectivity index (χ1n) is 9.23. The van der Waals surface area contributed by atoms with Gasteiger partial charge >= 0.3 is 5.97 Å². The summed E-state index contributed by atoms with van der Waals surface area (Å²) in [5, 5.41) is 13.0. The number of carboxylic acid groups (broad SMARTS) is 1. The van der Waals surface area contributed by atoms with Crippen LogP contribution in [0.2, 0.25) is 0 Å². The Balaban J connectivity index is 1.44. The highest BCUT2D eigenvalue weighted by Crippen LogP contribution is 2.35. The van der Waals surface area contributed by atoms with Crippen molar-refractivity contribution in [1.82, 2.24) is 10.2 Å². The Hall–Kier alpha value is -0.610. The number of nitrogens with one attached hydrogen (secondary N) is 1. The summed E-state index contributed by atoms with van der Waals surface area (Å²) < 4.78 is 0. The Morgan fingerprint density at radius 3 is 2.50 bits per heavy atom. The molecule has 0 bridgehead atoms. The van der Waals surface area contributed by atoms with Crippen molar-refractivity contribution in [2.45, 2.75) is 76.9 Å². The first-order valence-corrected chi connectivity index (χ1v) is 9.23. The van der Waals surface area contributed by atoms with E-state index >= 15 is 0 Å². The maximum atomic E-state index is 11.1. The monoisotopic (exact) mass is 308 g/mol. The minimum atomic E-state index is -0.674. The molecular weight excluding hydrogens is 276 g/mol. The van der Waals surface area contributed by atoms with E-state index in [0.29, 0.717) is 18.1 Å². The first-order chi connectivity index (χ1) is 10.5.